The molecule has 12 heteroatoms. The van der Waals surface area contributed by atoms with Crippen molar-refractivity contribution in [2.45, 2.75) is 65.3 Å². The molecule has 2 rings (SSSR count). The Bertz CT molecular complexity index is 934. The van der Waals surface area contributed by atoms with Crippen LogP contribution in [0.3, 0.4) is 0 Å². The first-order valence-electron chi connectivity index (χ1n) is 10.4. The number of nitrogens with one attached hydrogen (secondary N) is 2. The van der Waals surface area contributed by atoms with Gasteiger partial charge in [0.15, 0.2) is 12.2 Å². The van der Waals surface area contributed by atoms with Crippen LogP contribution in [0.4, 0.5) is 5.69 Å². The molecular formula is C22H28N2O10. The van der Waals surface area contributed by atoms with Gasteiger partial charge in [-0.1, -0.05) is 12.1 Å². The zero-order valence-corrected chi connectivity index (χ0v) is 19.5. The quantitative estimate of drug-likeness (QED) is 0.401. The normalized spacial score (nSPS) is 23.7. The smallest absolute Gasteiger partial charge is 0.303 e. The maximum atomic E-state index is 12.0. The van der Waals surface area contributed by atoms with Gasteiger partial charge in [-0.05, 0) is 12.1 Å². The van der Waals surface area contributed by atoms with Gasteiger partial charge in [-0.2, -0.15) is 0 Å². The lowest BCUT2D eigenvalue weighted by atomic mass is 9.96. The van der Waals surface area contributed by atoms with E-state index in [2.05, 4.69) is 10.6 Å². The molecule has 1 aliphatic heterocycles. The Morgan fingerprint density at radius 3 is 2.03 bits per heavy atom. The summed E-state index contributed by atoms with van der Waals surface area (Å²) in [6.07, 6.45) is -4.89. The van der Waals surface area contributed by atoms with Crippen molar-refractivity contribution in [3.8, 4) is 5.75 Å². The molecule has 2 N–H and O–H groups in total. The highest BCUT2D eigenvalue weighted by molar-refractivity contribution is 5.90. The number of hydrogen-bond acceptors (Lipinski definition) is 10. The maximum Gasteiger partial charge on any atom is 0.303 e. The zero-order valence-electron chi connectivity index (χ0n) is 19.5. The number of ether oxygens (including phenoxy) is 5. The third kappa shape index (κ3) is 7.73. The maximum absolute atomic E-state index is 12.0. The molecule has 1 aliphatic rings. The predicted octanol–water partition coefficient (Wildman–Crippen LogP) is 0.680. The van der Waals surface area contributed by atoms with Crippen LogP contribution in [0.15, 0.2) is 24.3 Å². The average Bonchev–Trinajstić information content (AvgIpc) is 2.71. The molecule has 1 aromatic rings. The van der Waals surface area contributed by atoms with E-state index in [0.29, 0.717) is 5.69 Å². The van der Waals surface area contributed by atoms with Crippen LogP contribution in [0.1, 0.15) is 34.6 Å². The van der Waals surface area contributed by atoms with E-state index in [4.69, 9.17) is 23.7 Å². The molecule has 1 aromatic carbocycles. The van der Waals surface area contributed by atoms with Crippen molar-refractivity contribution in [2.75, 3.05) is 11.9 Å². The average molecular weight is 480 g/mol. The first kappa shape index (κ1) is 26.6. The first-order valence-corrected chi connectivity index (χ1v) is 10.4. The number of rotatable bonds is 8. The van der Waals surface area contributed by atoms with Crippen LogP contribution in [0.2, 0.25) is 0 Å². The van der Waals surface area contributed by atoms with E-state index in [9.17, 15) is 24.0 Å². The highest BCUT2D eigenvalue weighted by Gasteiger charge is 2.52. The van der Waals surface area contributed by atoms with Crippen molar-refractivity contribution < 1.29 is 47.7 Å². The Hall–Kier alpha value is -3.67. The van der Waals surface area contributed by atoms with Crippen LogP contribution in [0.5, 0.6) is 5.75 Å². The molecule has 1 fully saturated rings. The Kier molecular flexibility index (Phi) is 9.36. The van der Waals surface area contributed by atoms with Crippen LogP contribution in [0, 0.1) is 0 Å². The van der Waals surface area contributed by atoms with Gasteiger partial charge in [-0.25, -0.2) is 0 Å². The van der Waals surface area contributed by atoms with Crippen LogP contribution in [-0.2, 0) is 42.9 Å². The second-order valence-corrected chi connectivity index (χ2v) is 7.52. The summed E-state index contributed by atoms with van der Waals surface area (Å²) in [5, 5.41) is 5.22. The molecule has 186 valence electrons. The highest BCUT2D eigenvalue weighted by Crippen LogP contribution is 2.32. The lowest BCUT2D eigenvalue weighted by Gasteiger charge is -2.44. The Labute approximate surface area is 196 Å². The molecule has 34 heavy (non-hydrogen) atoms. The van der Waals surface area contributed by atoms with Crippen molar-refractivity contribution >= 4 is 35.4 Å². The molecule has 0 radical (unpaired) electrons. The standard InChI is InChI=1S/C22H28N2O10/c1-11(25)23-16-8-6-7-9-17(16)33-22-19(24-12(2)26)21(32-15(5)29)20(31-14(4)28)18(34-22)10-30-13(3)27/h6-9,18-22H,10H2,1-5H3,(H,23,25)(H,24,26)/t18-,19-,20+,21-,22-/m1/s1. The second kappa shape index (κ2) is 12.0. The van der Waals surface area contributed by atoms with Gasteiger partial charge in [0.1, 0.15) is 24.5 Å². The van der Waals surface area contributed by atoms with Gasteiger partial charge in [0.05, 0.1) is 5.69 Å². The number of carbonyl (C=O) groups excluding carboxylic acids is 5. The zero-order chi connectivity index (χ0) is 25.4. The molecule has 0 unspecified atom stereocenters. The Morgan fingerprint density at radius 1 is 0.853 bits per heavy atom. The molecule has 0 saturated carbocycles. The first-order chi connectivity index (χ1) is 16.0. The van der Waals surface area contributed by atoms with Gasteiger partial charge in [0, 0.05) is 34.6 Å². The van der Waals surface area contributed by atoms with E-state index in [1.54, 1.807) is 24.3 Å². The van der Waals surface area contributed by atoms with Gasteiger partial charge in [0.25, 0.3) is 0 Å². The lowest BCUT2D eigenvalue weighted by molar-refractivity contribution is -0.257. The van der Waals surface area contributed by atoms with Gasteiger partial charge in [-0.3, -0.25) is 24.0 Å². The van der Waals surface area contributed by atoms with Crippen molar-refractivity contribution in [2.24, 2.45) is 0 Å². The fourth-order valence-electron chi connectivity index (χ4n) is 3.38. The summed E-state index contributed by atoms with van der Waals surface area (Å²) in [6, 6.07) is 5.34. The number of carbonyl (C=O) groups is 5. The molecule has 5 atom stereocenters. The summed E-state index contributed by atoms with van der Waals surface area (Å²) < 4.78 is 27.7. The van der Waals surface area contributed by atoms with Gasteiger partial charge in [0.2, 0.25) is 18.1 Å². The summed E-state index contributed by atoms with van der Waals surface area (Å²) >= 11 is 0. The number of para-hydroxylation sites is 2. The fraction of sp³-hybridized carbons (Fsp3) is 0.500. The monoisotopic (exact) mass is 480 g/mol. The molecule has 2 amide bonds. The lowest BCUT2D eigenvalue weighted by Crippen LogP contribution is -2.67. The van der Waals surface area contributed by atoms with E-state index >= 15 is 0 Å². The predicted molar refractivity (Wildman–Crippen MR) is 115 cm³/mol. The van der Waals surface area contributed by atoms with Crippen LogP contribution in [0.25, 0.3) is 0 Å². The summed E-state index contributed by atoms with van der Waals surface area (Å²) in [5.74, 6) is -2.71. The largest absolute Gasteiger partial charge is 0.463 e. The minimum absolute atomic E-state index is 0.191. The summed E-state index contributed by atoms with van der Waals surface area (Å²) in [5.41, 5.74) is 0.322. The topological polar surface area (TPSA) is 156 Å². The van der Waals surface area contributed by atoms with E-state index in [1.165, 1.54) is 20.8 Å². The molecular weight excluding hydrogens is 452 g/mol. The molecule has 12 nitrogen and oxygen atoms in total. The van der Waals surface area contributed by atoms with E-state index in [1.807, 2.05) is 0 Å². The minimum atomic E-state index is -1.30. The number of benzene rings is 1. The number of anilines is 1. The molecule has 0 bridgehead atoms. The summed E-state index contributed by atoms with van der Waals surface area (Å²) in [4.78, 5) is 58.7. The van der Waals surface area contributed by atoms with Crippen LogP contribution in [-0.4, -0.2) is 67.0 Å². The number of amides is 2. The SMILES string of the molecule is CC(=O)Nc1ccccc1O[C@@H]1O[C@H](COC(C)=O)[C@H](OC(C)=O)[C@H](OC(C)=O)[C@H]1NC(C)=O. The Morgan fingerprint density at radius 2 is 1.47 bits per heavy atom. The molecule has 1 saturated heterocycles. The van der Waals surface area contributed by atoms with E-state index < -0.39 is 54.5 Å². The van der Waals surface area contributed by atoms with Crippen LogP contribution >= 0.6 is 0 Å². The van der Waals surface area contributed by atoms with Crippen molar-refractivity contribution in [3.63, 3.8) is 0 Å². The van der Waals surface area contributed by atoms with Crippen molar-refractivity contribution in [1.29, 1.82) is 0 Å². The summed E-state index contributed by atoms with van der Waals surface area (Å²) in [7, 11) is 0. The van der Waals surface area contributed by atoms with Crippen molar-refractivity contribution in [3.05, 3.63) is 24.3 Å². The molecule has 0 aliphatic carbocycles. The number of hydrogen-bond donors (Lipinski definition) is 2. The third-order valence-electron chi connectivity index (χ3n) is 4.51. The minimum Gasteiger partial charge on any atom is -0.463 e. The molecule has 1 heterocycles. The Balaban J connectivity index is 2.50. The van der Waals surface area contributed by atoms with E-state index in [-0.39, 0.29) is 18.3 Å². The van der Waals surface area contributed by atoms with Gasteiger partial charge >= 0.3 is 17.9 Å². The number of esters is 3. The molecule has 0 aromatic heterocycles. The van der Waals surface area contributed by atoms with Gasteiger partial charge in [-0.15, -0.1) is 0 Å². The second-order valence-electron chi connectivity index (χ2n) is 7.52. The third-order valence-corrected chi connectivity index (χ3v) is 4.51. The highest BCUT2D eigenvalue weighted by atomic mass is 16.7. The fourth-order valence-corrected chi connectivity index (χ4v) is 3.38. The van der Waals surface area contributed by atoms with Gasteiger partial charge < -0.3 is 34.3 Å². The molecule has 0 spiro atoms. The van der Waals surface area contributed by atoms with Crippen LogP contribution < -0.4 is 15.4 Å². The summed E-state index contributed by atoms with van der Waals surface area (Å²) in [6.45, 7) is 5.68. The van der Waals surface area contributed by atoms with E-state index in [0.717, 1.165) is 13.8 Å². The van der Waals surface area contributed by atoms with Crippen molar-refractivity contribution in [1.82, 2.24) is 5.32 Å².